The quantitative estimate of drug-likeness (QED) is 0.511. The smallest absolute Gasteiger partial charge is 0.328 e. The standard InChI is InChI=1S/C23H28ClN3O3/c1-4-30-23(29)21-11-7-8-14-26(21)22(28)13-12-19-16(2)25-27(17(19)3)15-18-9-5-6-10-20(18)24/h5-6,9-10,12-13,21H,4,7-8,11,14-15H2,1-3H3/b13-12-/t21-/m1/s1. The molecule has 0 unspecified atom stereocenters. The number of aryl methyl sites for hydroxylation is 1. The molecule has 0 N–H and O–H groups in total. The minimum absolute atomic E-state index is 0.176. The van der Waals surface area contributed by atoms with Crippen LogP contribution in [0.3, 0.4) is 0 Å². The zero-order chi connectivity index (χ0) is 21.7. The van der Waals surface area contributed by atoms with Gasteiger partial charge in [-0.15, -0.1) is 0 Å². The van der Waals surface area contributed by atoms with Gasteiger partial charge in [0.05, 0.1) is 18.8 Å². The number of hydrogen-bond donors (Lipinski definition) is 0. The molecule has 1 amide bonds. The highest BCUT2D eigenvalue weighted by molar-refractivity contribution is 6.31. The molecule has 2 heterocycles. The van der Waals surface area contributed by atoms with Crippen molar-refractivity contribution >= 4 is 29.6 Å². The van der Waals surface area contributed by atoms with E-state index in [0.717, 1.165) is 35.4 Å². The highest BCUT2D eigenvalue weighted by Crippen LogP contribution is 2.22. The van der Waals surface area contributed by atoms with E-state index in [1.54, 1.807) is 17.9 Å². The van der Waals surface area contributed by atoms with Crippen LogP contribution in [0.25, 0.3) is 6.08 Å². The van der Waals surface area contributed by atoms with Gasteiger partial charge in [-0.05, 0) is 57.7 Å². The summed E-state index contributed by atoms with van der Waals surface area (Å²) in [6, 6.07) is 7.19. The topological polar surface area (TPSA) is 64.4 Å². The van der Waals surface area contributed by atoms with Gasteiger partial charge in [0.25, 0.3) is 0 Å². The lowest BCUT2D eigenvalue weighted by molar-refractivity contribution is -0.155. The van der Waals surface area contributed by atoms with Gasteiger partial charge in [-0.1, -0.05) is 29.8 Å². The monoisotopic (exact) mass is 429 g/mol. The number of likely N-dealkylation sites (tertiary alicyclic amines) is 1. The molecule has 1 aliphatic heterocycles. The van der Waals surface area contributed by atoms with E-state index in [1.807, 2.05) is 42.8 Å². The van der Waals surface area contributed by atoms with E-state index < -0.39 is 6.04 Å². The van der Waals surface area contributed by atoms with Crippen molar-refractivity contribution in [2.45, 2.75) is 52.6 Å². The Morgan fingerprint density at radius 3 is 2.77 bits per heavy atom. The SMILES string of the molecule is CCOC(=O)[C@H]1CCCCN1C(=O)/C=C\c1c(C)nn(Cc2ccccc2Cl)c1C. The number of carbonyl (C=O) groups excluding carboxylic acids is 2. The van der Waals surface area contributed by atoms with Gasteiger partial charge in [0.2, 0.25) is 5.91 Å². The second-order valence-electron chi connectivity index (χ2n) is 7.46. The molecular formula is C23H28ClN3O3. The van der Waals surface area contributed by atoms with Gasteiger partial charge >= 0.3 is 5.97 Å². The minimum Gasteiger partial charge on any atom is -0.464 e. The lowest BCUT2D eigenvalue weighted by Crippen LogP contribution is -2.48. The van der Waals surface area contributed by atoms with Gasteiger partial charge in [0, 0.05) is 28.9 Å². The molecule has 1 saturated heterocycles. The predicted octanol–water partition coefficient (Wildman–Crippen LogP) is 4.16. The zero-order valence-corrected chi connectivity index (χ0v) is 18.5. The summed E-state index contributed by atoms with van der Waals surface area (Å²) in [6.07, 6.45) is 5.79. The Morgan fingerprint density at radius 2 is 2.03 bits per heavy atom. The van der Waals surface area contributed by atoms with Crippen molar-refractivity contribution in [1.82, 2.24) is 14.7 Å². The molecule has 0 saturated carbocycles. The fourth-order valence-corrected chi connectivity index (χ4v) is 4.02. The van der Waals surface area contributed by atoms with E-state index in [0.29, 0.717) is 31.1 Å². The van der Waals surface area contributed by atoms with Gasteiger partial charge in [-0.25, -0.2) is 4.79 Å². The summed E-state index contributed by atoms with van der Waals surface area (Å²) in [4.78, 5) is 26.7. The molecule has 7 heteroatoms. The maximum Gasteiger partial charge on any atom is 0.328 e. The lowest BCUT2D eigenvalue weighted by atomic mass is 10.0. The van der Waals surface area contributed by atoms with E-state index in [2.05, 4.69) is 5.10 Å². The molecule has 0 radical (unpaired) electrons. The summed E-state index contributed by atoms with van der Waals surface area (Å²) in [5, 5.41) is 5.31. The summed E-state index contributed by atoms with van der Waals surface area (Å²) in [7, 11) is 0. The van der Waals surface area contributed by atoms with Crippen molar-refractivity contribution in [3.05, 3.63) is 57.9 Å². The Morgan fingerprint density at radius 1 is 1.27 bits per heavy atom. The number of nitrogens with zero attached hydrogens (tertiary/aromatic N) is 3. The third-order valence-corrected chi connectivity index (χ3v) is 5.82. The number of halogens is 1. The third-order valence-electron chi connectivity index (χ3n) is 5.45. The zero-order valence-electron chi connectivity index (χ0n) is 17.7. The Bertz CT molecular complexity index is 951. The van der Waals surface area contributed by atoms with Crippen LogP contribution in [0.5, 0.6) is 0 Å². The molecule has 6 nitrogen and oxygen atoms in total. The summed E-state index contributed by atoms with van der Waals surface area (Å²) in [6.45, 7) is 7.11. The molecule has 0 aliphatic carbocycles. The van der Waals surface area contributed by atoms with Crippen LogP contribution in [0.2, 0.25) is 5.02 Å². The fourth-order valence-electron chi connectivity index (χ4n) is 3.82. The summed E-state index contributed by atoms with van der Waals surface area (Å²) in [5.41, 5.74) is 3.68. The molecule has 3 rings (SSSR count). The first-order chi connectivity index (χ1) is 14.4. The van der Waals surface area contributed by atoms with Crippen LogP contribution in [0.15, 0.2) is 30.3 Å². The van der Waals surface area contributed by atoms with Crippen molar-refractivity contribution in [2.75, 3.05) is 13.2 Å². The summed E-state index contributed by atoms with van der Waals surface area (Å²) >= 11 is 6.28. The van der Waals surface area contributed by atoms with E-state index in [9.17, 15) is 9.59 Å². The van der Waals surface area contributed by atoms with Gasteiger partial charge < -0.3 is 9.64 Å². The molecule has 2 aromatic rings. The van der Waals surface area contributed by atoms with Crippen LogP contribution in [0, 0.1) is 13.8 Å². The lowest BCUT2D eigenvalue weighted by Gasteiger charge is -2.33. The molecular weight excluding hydrogens is 402 g/mol. The van der Waals surface area contributed by atoms with Crippen molar-refractivity contribution < 1.29 is 14.3 Å². The first kappa shape index (κ1) is 22.1. The van der Waals surface area contributed by atoms with Crippen LogP contribution >= 0.6 is 11.6 Å². The second-order valence-corrected chi connectivity index (χ2v) is 7.87. The molecule has 0 spiro atoms. The highest BCUT2D eigenvalue weighted by Gasteiger charge is 2.32. The number of piperidine rings is 1. The Labute approximate surface area is 182 Å². The number of benzene rings is 1. The van der Waals surface area contributed by atoms with Crippen molar-refractivity contribution in [3.63, 3.8) is 0 Å². The molecule has 1 aromatic heterocycles. The molecule has 160 valence electrons. The van der Waals surface area contributed by atoms with E-state index in [1.165, 1.54) is 6.08 Å². The van der Waals surface area contributed by atoms with Crippen molar-refractivity contribution in [3.8, 4) is 0 Å². The molecule has 30 heavy (non-hydrogen) atoms. The molecule has 1 fully saturated rings. The normalized spacial score (nSPS) is 16.8. The third kappa shape index (κ3) is 4.93. The Kier molecular flexibility index (Phi) is 7.32. The molecule has 1 atom stereocenters. The van der Waals surface area contributed by atoms with Crippen molar-refractivity contribution in [1.29, 1.82) is 0 Å². The second kappa shape index (κ2) is 9.94. The largest absolute Gasteiger partial charge is 0.464 e. The number of ether oxygens (including phenoxy) is 1. The molecule has 1 aromatic carbocycles. The maximum absolute atomic E-state index is 12.8. The van der Waals surface area contributed by atoms with E-state index in [4.69, 9.17) is 16.3 Å². The predicted molar refractivity (Wildman–Crippen MR) is 117 cm³/mol. The number of amides is 1. The average molecular weight is 430 g/mol. The minimum atomic E-state index is -0.499. The number of rotatable bonds is 6. The number of aromatic nitrogens is 2. The maximum atomic E-state index is 12.8. The van der Waals surface area contributed by atoms with E-state index in [-0.39, 0.29) is 11.9 Å². The first-order valence-electron chi connectivity index (χ1n) is 10.3. The van der Waals surface area contributed by atoms with Crippen LogP contribution in [0.4, 0.5) is 0 Å². The fraction of sp³-hybridized carbons (Fsp3) is 0.435. The van der Waals surface area contributed by atoms with E-state index >= 15 is 0 Å². The van der Waals surface area contributed by atoms with Crippen LogP contribution < -0.4 is 0 Å². The molecule has 1 aliphatic rings. The van der Waals surface area contributed by atoms with Crippen LogP contribution in [-0.2, 0) is 20.9 Å². The van der Waals surface area contributed by atoms with Gasteiger partial charge in [-0.3, -0.25) is 9.48 Å². The highest BCUT2D eigenvalue weighted by atomic mass is 35.5. The number of hydrogen-bond acceptors (Lipinski definition) is 4. The van der Waals surface area contributed by atoms with Gasteiger partial charge in [0.15, 0.2) is 0 Å². The Hall–Kier alpha value is -2.60. The van der Waals surface area contributed by atoms with Gasteiger partial charge in [0.1, 0.15) is 6.04 Å². The molecule has 0 bridgehead atoms. The Balaban J connectivity index is 1.77. The summed E-state index contributed by atoms with van der Waals surface area (Å²) in [5.74, 6) is -0.496. The first-order valence-corrected chi connectivity index (χ1v) is 10.7. The summed E-state index contributed by atoms with van der Waals surface area (Å²) < 4.78 is 7.04. The van der Waals surface area contributed by atoms with Crippen molar-refractivity contribution in [2.24, 2.45) is 0 Å². The average Bonchev–Trinajstić information content (AvgIpc) is 3.00. The van der Waals surface area contributed by atoms with Crippen LogP contribution in [0.1, 0.15) is 48.7 Å². The number of esters is 1. The van der Waals surface area contributed by atoms with Gasteiger partial charge in [-0.2, -0.15) is 5.10 Å². The number of carbonyl (C=O) groups is 2. The van der Waals surface area contributed by atoms with Crippen LogP contribution in [-0.4, -0.2) is 45.8 Å².